The number of hydrogen-bond acceptors (Lipinski definition) is 3. The molecule has 0 saturated heterocycles. The van der Waals surface area contributed by atoms with Gasteiger partial charge in [-0.2, -0.15) is 13.2 Å². The SMILES string of the molecule is CC(c1ccccn1)N1CCc2c(NC(=O)Cc3cccc(C(F)(F)F)c3F)cccc2C1=O. The van der Waals surface area contributed by atoms with Gasteiger partial charge in [0.1, 0.15) is 5.82 Å². The minimum atomic E-state index is -4.85. The maximum atomic E-state index is 14.3. The number of carbonyl (C=O) groups is 2. The Kier molecular flexibility index (Phi) is 6.37. The molecule has 0 saturated carbocycles. The van der Waals surface area contributed by atoms with E-state index in [2.05, 4.69) is 10.3 Å². The minimum absolute atomic E-state index is 0.209. The summed E-state index contributed by atoms with van der Waals surface area (Å²) >= 11 is 0. The predicted molar refractivity (Wildman–Crippen MR) is 118 cm³/mol. The van der Waals surface area contributed by atoms with Gasteiger partial charge in [0, 0.05) is 24.0 Å². The lowest BCUT2D eigenvalue weighted by Gasteiger charge is -2.34. The number of aromatic nitrogens is 1. The normalized spacial score (nSPS) is 14.5. The number of nitrogens with zero attached hydrogens (tertiary/aromatic N) is 2. The van der Waals surface area contributed by atoms with E-state index < -0.39 is 29.9 Å². The summed E-state index contributed by atoms with van der Waals surface area (Å²) in [6.45, 7) is 2.29. The number of amides is 2. The molecule has 0 fully saturated rings. The van der Waals surface area contributed by atoms with Crippen molar-refractivity contribution in [3.63, 3.8) is 0 Å². The minimum Gasteiger partial charge on any atom is -0.330 e. The fourth-order valence-corrected chi connectivity index (χ4v) is 4.12. The van der Waals surface area contributed by atoms with Gasteiger partial charge in [-0.15, -0.1) is 0 Å². The molecule has 0 aliphatic carbocycles. The summed E-state index contributed by atoms with van der Waals surface area (Å²) in [5.41, 5.74) is 0.429. The Hall–Kier alpha value is -3.75. The van der Waals surface area contributed by atoms with Crippen LogP contribution < -0.4 is 5.32 Å². The highest BCUT2D eigenvalue weighted by molar-refractivity contribution is 6.01. The molecule has 1 aliphatic heterocycles. The maximum Gasteiger partial charge on any atom is 0.419 e. The topological polar surface area (TPSA) is 62.3 Å². The zero-order valence-electron chi connectivity index (χ0n) is 18.2. The number of benzene rings is 2. The highest BCUT2D eigenvalue weighted by atomic mass is 19.4. The molecule has 176 valence electrons. The first-order valence-electron chi connectivity index (χ1n) is 10.6. The Labute approximate surface area is 193 Å². The third kappa shape index (κ3) is 4.64. The standard InChI is InChI=1S/C25H21F4N3O2/c1-15(20-9-2-3-12-30-20)32-13-11-17-18(24(32)34)7-5-10-21(17)31-22(33)14-16-6-4-8-19(23(16)26)25(27,28)29/h2-10,12,15H,11,13-14H2,1H3,(H,31,33). The fraction of sp³-hybridized carbons (Fsp3) is 0.240. The molecule has 1 aromatic heterocycles. The predicted octanol–water partition coefficient (Wildman–Crippen LogP) is 5.18. The van der Waals surface area contributed by atoms with E-state index in [0.717, 1.165) is 17.8 Å². The molecule has 2 aromatic carbocycles. The number of hydrogen-bond donors (Lipinski definition) is 1. The molecular weight excluding hydrogens is 450 g/mol. The van der Waals surface area contributed by atoms with Crippen molar-refractivity contribution in [3.05, 3.63) is 94.6 Å². The zero-order chi connectivity index (χ0) is 24.5. The number of anilines is 1. The Bertz CT molecular complexity index is 1230. The first kappa shape index (κ1) is 23.4. The van der Waals surface area contributed by atoms with Crippen molar-refractivity contribution in [2.24, 2.45) is 0 Å². The third-order valence-electron chi connectivity index (χ3n) is 5.86. The molecule has 9 heteroatoms. The van der Waals surface area contributed by atoms with Gasteiger partial charge in [0.15, 0.2) is 0 Å². The van der Waals surface area contributed by atoms with Crippen LogP contribution in [0.5, 0.6) is 0 Å². The number of pyridine rings is 1. The number of fused-ring (bicyclic) bond motifs is 1. The quantitative estimate of drug-likeness (QED) is 0.522. The van der Waals surface area contributed by atoms with Gasteiger partial charge in [0.25, 0.3) is 5.91 Å². The molecule has 1 unspecified atom stereocenters. The summed E-state index contributed by atoms with van der Waals surface area (Å²) in [5, 5.41) is 2.63. The molecular formula is C25H21F4N3O2. The molecule has 0 radical (unpaired) electrons. The summed E-state index contributed by atoms with van der Waals surface area (Å²) < 4.78 is 53.2. The summed E-state index contributed by atoms with van der Waals surface area (Å²) in [5.74, 6) is -2.35. The smallest absolute Gasteiger partial charge is 0.330 e. The second-order valence-corrected chi connectivity index (χ2v) is 8.01. The molecule has 3 aromatic rings. The van der Waals surface area contributed by atoms with Gasteiger partial charge in [0.05, 0.1) is 23.7 Å². The Morgan fingerprint density at radius 3 is 2.59 bits per heavy atom. The number of alkyl halides is 3. The van der Waals surface area contributed by atoms with Gasteiger partial charge in [-0.1, -0.05) is 24.3 Å². The van der Waals surface area contributed by atoms with Crippen LogP contribution in [0.3, 0.4) is 0 Å². The number of halogens is 4. The first-order valence-corrected chi connectivity index (χ1v) is 10.6. The lowest BCUT2D eigenvalue weighted by Crippen LogP contribution is -2.40. The van der Waals surface area contributed by atoms with Gasteiger partial charge in [-0.3, -0.25) is 14.6 Å². The van der Waals surface area contributed by atoms with E-state index in [9.17, 15) is 27.2 Å². The van der Waals surface area contributed by atoms with Crippen LogP contribution in [0.25, 0.3) is 0 Å². The third-order valence-corrected chi connectivity index (χ3v) is 5.86. The largest absolute Gasteiger partial charge is 0.419 e. The van der Waals surface area contributed by atoms with Crippen molar-refractivity contribution >= 4 is 17.5 Å². The molecule has 1 aliphatic rings. The van der Waals surface area contributed by atoms with E-state index in [1.165, 1.54) is 0 Å². The molecule has 2 amide bonds. The monoisotopic (exact) mass is 471 g/mol. The van der Waals surface area contributed by atoms with E-state index in [1.807, 2.05) is 19.1 Å². The van der Waals surface area contributed by atoms with Crippen molar-refractivity contribution < 1.29 is 27.2 Å². The summed E-state index contributed by atoms with van der Waals surface area (Å²) in [6, 6.07) is 13.0. The van der Waals surface area contributed by atoms with Gasteiger partial charge in [-0.05, 0) is 54.8 Å². The van der Waals surface area contributed by atoms with Crippen molar-refractivity contribution in [2.75, 3.05) is 11.9 Å². The molecule has 1 atom stereocenters. The van der Waals surface area contributed by atoms with Crippen LogP contribution in [-0.4, -0.2) is 28.2 Å². The van der Waals surface area contributed by atoms with Crippen molar-refractivity contribution in [1.29, 1.82) is 0 Å². The van der Waals surface area contributed by atoms with Crippen LogP contribution in [0.4, 0.5) is 23.2 Å². The Morgan fingerprint density at radius 2 is 1.88 bits per heavy atom. The summed E-state index contributed by atoms with van der Waals surface area (Å²) in [7, 11) is 0. The van der Waals surface area contributed by atoms with Gasteiger partial charge >= 0.3 is 6.18 Å². The van der Waals surface area contributed by atoms with Crippen LogP contribution in [0.2, 0.25) is 0 Å². The first-order chi connectivity index (χ1) is 16.2. The Morgan fingerprint density at radius 1 is 1.12 bits per heavy atom. The number of rotatable bonds is 5. The number of nitrogens with one attached hydrogen (secondary N) is 1. The van der Waals surface area contributed by atoms with E-state index in [1.54, 1.807) is 35.4 Å². The summed E-state index contributed by atoms with van der Waals surface area (Å²) in [4.78, 5) is 31.7. The second kappa shape index (κ2) is 9.24. The van der Waals surface area contributed by atoms with E-state index in [4.69, 9.17) is 0 Å². The van der Waals surface area contributed by atoms with Crippen LogP contribution in [0.15, 0.2) is 60.8 Å². The molecule has 2 heterocycles. The molecule has 1 N–H and O–H groups in total. The highest BCUT2D eigenvalue weighted by Crippen LogP contribution is 2.33. The second-order valence-electron chi connectivity index (χ2n) is 8.01. The maximum absolute atomic E-state index is 14.3. The average molecular weight is 471 g/mol. The van der Waals surface area contributed by atoms with Crippen LogP contribution in [-0.2, 0) is 23.8 Å². The van der Waals surface area contributed by atoms with Crippen molar-refractivity contribution in [3.8, 4) is 0 Å². The van der Waals surface area contributed by atoms with Crippen molar-refractivity contribution in [1.82, 2.24) is 9.88 Å². The molecule has 0 spiro atoms. The van der Waals surface area contributed by atoms with Gasteiger partial charge < -0.3 is 10.2 Å². The van der Waals surface area contributed by atoms with E-state index >= 15 is 0 Å². The lowest BCUT2D eigenvalue weighted by atomic mass is 9.95. The fourth-order valence-electron chi connectivity index (χ4n) is 4.12. The van der Waals surface area contributed by atoms with Crippen LogP contribution >= 0.6 is 0 Å². The van der Waals surface area contributed by atoms with E-state index in [0.29, 0.717) is 35.8 Å². The van der Waals surface area contributed by atoms with Crippen LogP contribution in [0, 0.1) is 5.82 Å². The molecule has 34 heavy (non-hydrogen) atoms. The average Bonchev–Trinajstić information content (AvgIpc) is 2.80. The lowest BCUT2D eigenvalue weighted by molar-refractivity contribution is -0.140. The van der Waals surface area contributed by atoms with Gasteiger partial charge in [-0.25, -0.2) is 4.39 Å². The molecule has 0 bridgehead atoms. The van der Waals surface area contributed by atoms with Crippen molar-refractivity contribution in [2.45, 2.75) is 32.0 Å². The highest BCUT2D eigenvalue weighted by Gasteiger charge is 2.35. The van der Waals surface area contributed by atoms with E-state index in [-0.39, 0.29) is 17.5 Å². The molecule has 5 nitrogen and oxygen atoms in total. The zero-order valence-corrected chi connectivity index (χ0v) is 18.2. The van der Waals surface area contributed by atoms with Gasteiger partial charge in [0.2, 0.25) is 5.91 Å². The number of carbonyl (C=O) groups excluding carboxylic acids is 2. The van der Waals surface area contributed by atoms with Crippen LogP contribution in [0.1, 0.15) is 45.7 Å². The Balaban J connectivity index is 1.52. The summed E-state index contributed by atoms with van der Waals surface area (Å²) in [6.07, 6.45) is -3.30. The molecule has 4 rings (SSSR count).